The lowest BCUT2D eigenvalue weighted by atomic mass is 10.0. The normalized spacial score (nSPS) is 12.8. The van der Waals surface area contributed by atoms with Gasteiger partial charge in [0.2, 0.25) is 0 Å². The number of hydrazone groups is 1. The van der Waals surface area contributed by atoms with E-state index < -0.39 is 0 Å². The van der Waals surface area contributed by atoms with E-state index in [1.54, 1.807) is 12.1 Å². The number of hydrogen-bond donors (Lipinski definition) is 1. The van der Waals surface area contributed by atoms with Crippen molar-refractivity contribution >= 4 is 6.72 Å². The van der Waals surface area contributed by atoms with Crippen LogP contribution in [-0.2, 0) is 0 Å². The van der Waals surface area contributed by atoms with Gasteiger partial charge >= 0.3 is 0 Å². The van der Waals surface area contributed by atoms with E-state index in [-0.39, 0.29) is 0 Å². The third-order valence-electron chi connectivity index (χ3n) is 1.71. The first-order valence-electron chi connectivity index (χ1n) is 4.14. The highest BCUT2D eigenvalue weighted by Crippen LogP contribution is 2.13. The molecule has 0 aliphatic heterocycles. The number of nitrogens with two attached hydrogens (primary N) is 1. The van der Waals surface area contributed by atoms with Crippen LogP contribution in [0.5, 0.6) is 0 Å². The van der Waals surface area contributed by atoms with Crippen molar-refractivity contribution in [2.45, 2.75) is 27.2 Å². The molecule has 0 fully saturated rings. The molecule has 70 valence electrons. The first-order valence-corrected chi connectivity index (χ1v) is 4.14. The zero-order valence-electron chi connectivity index (χ0n) is 8.46. The molecule has 0 radical (unpaired) electrons. The van der Waals surface area contributed by atoms with Crippen LogP contribution in [0.15, 0.2) is 16.5 Å². The van der Waals surface area contributed by atoms with Gasteiger partial charge in [0.05, 0.1) is 0 Å². The Kier molecular flexibility index (Phi) is 4.40. The smallest absolute Gasteiger partial charge is 0.118 e. The Morgan fingerprint density at radius 3 is 2.42 bits per heavy atom. The molecule has 0 aromatic rings. The van der Waals surface area contributed by atoms with Crippen molar-refractivity contribution in [3.05, 3.63) is 11.4 Å². The molecule has 0 bridgehead atoms. The van der Waals surface area contributed by atoms with Crippen LogP contribution in [0.1, 0.15) is 27.2 Å². The fraction of sp³-hybridized carbons (Fsp3) is 0.667. The van der Waals surface area contributed by atoms with Crippen molar-refractivity contribution < 1.29 is 0 Å². The van der Waals surface area contributed by atoms with E-state index in [0.717, 1.165) is 6.42 Å². The fourth-order valence-corrected chi connectivity index (χ4v) is 1.07. The van der Waals surface area contributed by atoms with Crippen LogP contribution >= 0.6 is 0 Å². The Hall–Kier alpha value is -0.990. The van der Waals surface area contributed by atoms with Gasteiger partial charge in [0.15, 0.2) is 0 Å². The molecule has 0 spiro atoms. The van der Waals surface area contributed by atoms with Gasteiger partial charge in [-0.2, -0.15) is 5.10 Å². The predicted octanol–water partition coefficient (Wildman–Crippen LogP) is 1.77. The van der Waals surface area contributed by atoms with Crippen molar-refractivity contribution in [3.63, 3.8) is 0 Å². The lowest BCUT2D eigenvalue weighted by Gasteiger charge is -2.16. The third-order valence-corrected chi connectivity index (χ3v) is 1.71. The second-order valence-electron chi connectivity index (χ2n) is 3.43. The lowest BCUT2D eigenvalue weighted by molar-refractivity contribution is 0.433. The standard InChI is InChI=1S/C9H19N3/c1-7(2)6-8(3)9(10)12(5)11-4/h7H,4,6,10H2,1-3,5H3/b9-8+. The summed E-state index contributed by atoms with van der Waals surface area (Å²) < 4.78 is 0. The summed E-state index contributed by atoms with van der Waals surface area (Å²) in [6.45, 7) is 9.76. The number of allylic oxidation sites excluding steroid dienone is 1. The molecule has 0 rings (SSSR count). The van der Waals surface area contributed by atoms with E-state index in [2.05, 4.69) is 25.7 Å². The van der Waals surface area contributed by atoms with Crippen LogP contribution < -0.4 is 5.73 Å². The molecule has 12 heavy (non-hydrogen) atoms. The Balaban J connectivity index is 4.34. The first kappa shape index (κ1) is 11.0. The average Bonchev–Trinajstić information content (AvgIpc) is 2.00. The molecule has 0 aromatic carbocycles. The minimum atomic E-state index is 0.627. The quantitative estimate of drug-likeness (QED) is 0.515. The highest BCUT2D eigenvalue weighted by molar-refractivity contribution is 5.23. The molecule has 0 amide bonds. The summed E-state index contributed by atoms with van der Waals surface area (Å²) in [4.78, 5) is 0. The average molecular weight is 169 g/mol. The van der Waals surface area contributed by atoms with Crippen LogP contribution in [0.2, 0.25) is 0 Å². The second kappa shape index (κ2) is 4.80. The number of nitrogens with zero attached hydrogens (tertiary/aromatic N) is 2. The molecule has 3 nitrogen and oxygen atoms in total. The molecule has 0 aromatic heterocycles. The van der Waals surface area contributed by atoms with Crippen molar-refractivity contribution in [3.8, 4) is 0 Å². The molecule has 0 aliphatic rings. The van der Waals surface area contributed by atoms with Crippen LogP contribution in [-0.4, -0.2) is 18.8 Å². The third kappa shape index (κ3) is 3.42. The van der Waals surface area contributed by atoms with Gasteiger partial charge in [-0.15, -0.1) is 0 Å². The summed E-state index contributed by atoms with van der Waals surface area (Å²) >= 11 is 0. The molecule has 0 aliphatic carbocycles. The summed E-state index contributed by atoms with van der Waals surface area (Å²) in [6.07, 6.45) is 1.01. The second-order valence-corrected chi connectivity index (χ2v) is 3.43. The van der Waals surface area contributed by atoms with Gasteiger partial charge in [-0.1, -0.05) is 13.8 Å². The lowest BCUT2D eigenvalue weighted by Crippen LogP contribution is -2.19. The molecular weight excluding hydrogens is 150 g/mol. The monoisotopic (exact) mass is 169 g/mol. The van der Waals surface area contributed by atoms with Crippen LogP contribution in [0, 0.1) is 5.92 Å². The van der Waals surface area contributed by atoms with E-state index in [1.165, 1.54) is 5.57 Å². The molecular formula is C9H19N3. The van der Waals surface area contributed by atoms with Crippen LogP contribution in [0.3, 0.4) is 0 Å². The van der Waals surface area contributed by atoms with Gasteiger partial charge in [-0.05, 0) is 24.8 Å². The Morgan fingerprint density at radius 1 is 1.58 bits per heavy atom. The van der Waals surface area contributed by atoms with Gasteiger partial charge < -0.3 is 5.73 Å². The predicted molar refractivity (Wildman–Crippen MR) is 53.7 cm³/mol. The van der Waals surface area contributed by atoms with Gasteiger partial charge in [0, 0.05) is 13.8 Å². The maximum atomic E-state index is 5.79. The van der Waals surface area contributed by atoms with Crippen LogP contribution in [0.25, 0.3) is 0 Å². The Bertz CT molecular complexity index is 182. The first-order chi connectivity index (χ1) is 5.49. The van der Waals surface area contributed by atoms with Crippen molar-refractivity contribution in [2.24, 2.45) is 16.8 Å². The Labute approximate surface area is 74.9 Å². The summed E-state index contributed by atoms with van der Waals surface area (Å²) in [5.41, 5.74) is 6.96. The maximum absolute atomic E-state index is 5.79. The summed E-state index contributed by atoms with van der Waals surface area (Å²) in [7, 11) is 1.80. The van der Waals surface area contributed by atoms with E-state index in [1.807, 2.05) is 6.92 Å². The SMILES string of the molecule is C=NN(C)/C(N)=C(\C)CC(C)C. The maximum Gasteiger partial charge on any atom is 0.118 e. The highest BCUT2D eigenvalue weighted by atomic mass is 15.5. The fourth-order valence-electron chi connectivity index (χ4n) is 1.07. The van der Waals surface area contributed by atoms with Crippen molar-refractivity contribution in [1.29, 1.82) is 0 Å². The van der Waals surface area contributed by atoms with E-state index in [9.17, 15) is 0 Å². The van der Waals surface area contributed by atoms with Gasteiger partial charge in [-0.25, -0.2) is 0 Å². The topological polar surface area (TPSA) is 41.6 Å². The summed E-state index contributed by atoms with van der Waals surface area (Å²) in [6, 6.07) is 0. The summed E-state index contributed by atoms with van der Waals surface area (Å²) in [5, 5.41) is 5.31. The molecule has 0 heterocycles. The molecule has 3 heteroatoms. The summed E-state index contributed by atoms with van der Waals surface area (Å²) in [5.74, 6) is 1.33. The number of rotatable bonds is 4. The molecule has 0 saturated heterocycles. The number of hydrogen-bond acceptors (Lipinski definition) is 3. The van der Waals surface area contributed by atoms with E-state index in [4.69, 9.17) is 5.73 Å². The van der Waals surface area contributed by atoms with E-state index in [0.29, 0.717) is 11.7 Å². The molecule has 0 unspecified atom stereocenters. The van der Waals surface area contributed by atoms with Gasteiger partial charge in [-0.3, -0.25) is 5.01 Å². The van der Waals surface area contributed by atoms with Gasteiger partial charge in [0.25, 0.3) is 0 Å². The van der Waals surface area contributed by atoms with Crippen molar-refractivity contribution in [2.75, 3.05) is 7.05 Å². The minimum absolute atomic E-state index is 0.627. The highest BCUT2D eigenvalue weighted by Gasteiger charge is 2.03. The Morgan fingerprint density at radius 2 is 2.08 bits per heavy atom. The zero-order chi connectivity index (χ0) is 9.72. The minimum Gasteiger partial charge on any atom is -0.384 e. The van der Waals surface area contributed by atoms with Gasteiger partial charge in [0.1, 0.15) is 5.82 Å². The van der Waals surface area contributed by atoms with Crippen molar-refractivity contribution in [1.82, 2.24) is 5.01 Å². The van der Waals surface area contributed by atoms with Crippen LogP contribution in [0.4, 0.5) is 0 Å². The largest absolute Gasteiger partial charge is 0.384 e. The van der Waals surface area contributed by atoms with E-state index >= 15 is 0 Å². The molecule has 0 saturated carbocycles. The zero-order valence-corrected chi connectivity index (χ0v) is 8.46. The molecule has 2 N–H and O–H groups in total. The molecule has 0 atom stereocenters.